The molecule has 1 atom stereocenters. The van der Waals surface area contributed by atoms with E-state index in [1.807, 2.05) is 6.07 Å². The number of rotatable bonds is 5. The number of nitrogens with two attached hydrogens (primary N) is 1. The number of hydrogen-bond acceptors (Lipinski definition) is 9. The minimum absolute atomic E-state index is 0.00314. The maximum atomic E-state index is 13.2. The number of H-pyrrole nitrogens is 1. The molecule has 0 spiro atoms. The summed E-state index contributed by atoms with van der Waals surface area (Å²) >= 11 is 0. The number of nitrogen functional groups attached to an aromatic ring is 1. The SMILES string of the molecule is CC(c1ncccn1)N(Cc1ccc(C#N)cn1)C(=O)C(=O)Nc1cnc(N)c2cn[nH]c12. The third-order valence-electron chi connectivity index (χ3n) is 4.93. The van der Waals surface area contributed by atoms with E-state index < -0.39 is 17.9 Å². The van der Waals surface area contributed by atoms with Crippen LogP contribution in [0.4, 0.5) is 11.5 Å². The van der Waals surface area contributed by atoms with Crippen LogP contribution in [-0.2, 0) is 16.1 Å². The second kappa shape index (κ2) is 9.06. The number of fused-ring (bicyclic) bond motifs is 1. The van der Waals surface area contributed by atoms with Crippen LogP contribution in [0.2, 0.25) is 0 Å². The first-order valence-electron chi connectivity index (χ1n) is 9.79. The van der Waals surface area contributed by atoms with Gasteiger partial charge in [0.25, 0.3) is 0 Å². The van der Waals surface area contributed by atoms with Gasteiger partial charge in [-0.05, 0) is 25.1 Å². The molecule has 164 valence electrons. The van der Waals surface area contributed by atoms with Crippen molar-refractivity contribution in [2.45, 2.75) is 19.5 Å². The maximum Gasteiger partial charge on any atom is 0.314 e. The first-order valence-corrected chi connectivity index (χ1v) is 9.79. The third kappa shape index (κ3) is 4.42. The number of nitrogens with one attached hydrogen (secondary N) is 2. The van der Waals surface area contributed by atoms with Crippen molar-refractivity contribution in [3.05, 3.63) is 66.3 Å². The molecular weight excluding hydrogens is 424 g/mol. The van der Waals surface area contributed by atoms with Gasteiger partial charge in [-0.25, -0.2) is 15.0 Å². The summed E-state index contributed by atoms with van der Waals surface area (Å²) in [4.78, 5) is 44.1. The van der Waals surface area contributed by atoms with E-state index in [0.717, 1.165) is 0 Å². The molecule has 0 saturated heterocycles. The molecule has 4 N–H and O–H groups in total. The van der Waals surface area contributed by atoms with Crippen LogP contribution < -0.4 is 11.1 Å². The predicted molar refractivity (Wildman–Crippen MR) is 117 cm³/mol. The summed E-state index contributed by atoms with van der Waals surface area (Å²) in [7, 11) is 0. The second-order valence-corrected chi connectivity index (χ2v) is 7.04. The maximum absolute atomic E-state index is 13.2. The zero-order valence-corrected chi connectivity index (χ0v) is 17.4. The molecule has 0 saturated carbocycles. The van der Waals surface area contributed by atoms with Gasteiger partial charge in [0.2, 0.25) is 0 Å². The fourth-order valence-corrected chi connectivity index (χ4v) is 3.16. The highest BCUT2D eigenvalue weighted by Crippen LogP contribution is 2.25. The summed E-state index contributed by atoms with van der Waals surface area (Å²) < 4.78 is 0. The molecule has 1 unspecified atom stereocenters. The molecule has 4 aromatic heterocycles. The van der Waals surface area contributed by atoms with Gasteiger partial charge >= 0.3 is 11.8 Å². The molecule has 12 heteroatoms. The summed E-state index contributed by atoms with van der Waals surface area (Å²) in [6.45, 7) is 1.71. The lowest BCUT2D eigenvalue weighted by atomic mass is 10.2. The largest absolute Gasteiger partial charge is 0.383 e. The van der Waals surface area contributed by atoms with E-state index in [1.165, 1.54) is 23.5 Å². The van der Waals surface area contributed by atoms with Gasteiger partial charge in [0.15, 0.2) is 0 Å². The number of pyridine rings is 2. The molecule has 4 rings (SSSR count). The molecule has 0 aromatic carbocycles. The number of amides is 2. The van der Waals surface area contributed by atoms with E-state index in [-0.39, 0.29) is 18.1 Å². The zero-order chi connectivity index (χ0) is 23.4. The Morgan fingerprint density at radius 1 is 1.18 bits per heavy atom. The Kier molecular flexibility index (Phi) is 5.85. The van der Waals surface area contributed by atoms with Crippen LogP contribution in [0.25, 0.3) is 10.9 Å². The van der Waals surface area contributed by atoms with Gasteiger partial charge in [-0.15, -0.1) is 0 Å². The standard InChI is InChI=1S/C21H18N10O2/c1-12(19-24-5-2-6-25-19)31(11-14-4-3-13(7-22)8-26-14)21(33)20(32)29-16-10-27-18(23)15-9-28-30-17(15)16/h2-6,8-10,12H,11H2,1H3,(H2,23,27)(H,28,30)(H,29,32). The minimum Gasteiger partial charge on any atom is -0.383 e. The molecule has 0 bridgehead atoms. The minimum atomic E-state index is -0.895. The van der Waals surface area contributed by atoms with E-state index in [1.54, 1.807) is 37.5 Å². The summed E-state index contributed by atoms with van der Waals surface area (Å²) in [5, 5.41) is 18.7. The average Bonchev–Trinajstić information content (AvgIpc) is 3.35. The topological polar surface area (TPSA) is 179 Å². The van der Waals surface area contributed by atoms with Crippen molar-refractivity contribution in [3.8, 4) is 6.07 Å². The normalized spacial score (nSPS) is 11.5. The molecule has 4 aromatic rings. The van der Waals surface area contributed by atoms with Gasteiger partial charge in [-0.3, -0.25) is 19.7 Å². The summed E-state index contributed by atoms with van der Waals surface area (Å²) in [5.74, 6) is -1.12. The van der Waals surface area contributed by atoms with E-state index in [0.29, 0.717) is 28.0 Å². The zero-order valence-electron chi connectivity index (χ0n) is 17.4. The molecule has 0 aliphatic carbocycles. The van der Waals surface area contributed by atoms with Gasteiger partial charge in [-0.1, -0.05) is 0 Å². The van der Waals surface area contributed by atoms with Crippen molar-refractivity contribution < 1.29 is 9.59 Å². The van der Waals surface area contributed by atoms with Crippen LogP contribution in [0.15, 0.2) is 49.2 Å². The fraction of sp³-hybridized carbons (Fsp3) is 0.143. The van der Waals surface area contributed by atoms with Gasteiger partial charge in [0.1, 0.15) is 17.7 Å². The van der Waals surface area contributed by atoms with Crippen LogP contribution in [0, 0.1) is 11.3 Å². The highest BCUT2D eigenvalue weighted by atomic mass is 16.2. The number of aromatic amines is 1. The van der Waals surface area contributed by atoms with Crippen LogP contribution in [0.3, 0.4) is 0 Å². The average molecular weight is 442 g/mol. The monoisotopic (exact) mass is 442 g/mol. The quantitative estimate of drug-likeness (QED) is 0.384. The van der Waals surface area contributed by atoms with E-state index in [4.69, 9.17) is 11.0 Å². The van der Waals surface area contributed by atoms with E-state index in [9.17, 15) is 9.59 Å². The summed E-state index contributed by atoms with van der Waals surface area (Å²) in [5.41, 5.74) is 7.40. The Labute approximate surface area is 187 Å². The smallest absolute Gasteiger partial charge is 0.314 e. The number of carbonyl (C=O) groups is 2. The van der Waals surface area contributed by atoms with Crippen molar-refractivity contribution in [1.82, 2.24) is 35.0 Å². The highest BCUT2D eigenvalue weighted by molar-refractivity contribution is 6.40. The van der Waals surface area contributed by atoms with Crippen molar-refractivity contribution in [3.63, 3.8) is 0 Å². The van der Waals surface area contributed by atoms with Crippen molar-refractivity contribution in [2.24, 2.45) is 0 Å². The Bertz CT molecular complexity index is 1350. The van der Waals surface area contributed by atoms with Gasteiger partial charge in [0.05, 0.1) is 52.8 Å². The van der Waals surface area contributed by atoms with Gasteiger partial charge in [-0.2, -0.15) is 10.4 Å². The third-order valence-corrected chi connectivity index (χ3v) is 4.93. The number of nitrogens with zero attached hydrogens (tertiary/aromatic N) is 7. The molecule has 0 aliphatic heterocycles. The van der Waals surface area contributed by atoms with Gasteiger partial charge in [0, 0.05) is 18.6 Å². The molecule has 12 nitrogen and oxygen atoms in total. The fourth-order valence-electron chi connectivity index (χ4n) is 3.16. The number of nitriles is 1. The van der Waals surface area contributed by atoms with Crippen LogP contribution >= 0.6 is 0 Å². The molecule has 0 radical (unpaired) electrons. The summed E-state index contributed by atoms with van der Waals surface area (Å²) in [6, 6.07) is 6.21. The summed E-state index contributed by atoms with van der Waals surface area (Å²) in [6.07, 6.45) is 7.33. The second-order valence-electron chi connectivity index (χ2n) is 7.04. The first-order chi connectivity index (χ1) is 16.0. The van der Waals surface area contributed by atoms with Crippen molar-refractivity contribution in [2.75, 3.05) is 11.1 Å². The Morgan fingerprint density at radius 2 is 1.97 bits per heavy atom. The lowest BCUT2D eigenvalue weighted by molar-refractivity contribution is -0.145. The van der Waals surface area contributed by atoms with Crippen molar-refractivity contribution in [1.29, 1.82) is 5.26 Å². The molecule has 33 heavy (non-hydrogen) atoms. The molecule has 2 amide bonds. The van der Waals surface area contributed by atoms with Crippen LogP contribution in [0.5, 0.6) is 0 Å². The Morgan fingerprint density at radius 3 is 2.67 bits per heavy atom. The van der Waals surface area contributed by atoms with Crippen LogP contribution in [0.1, 0.15) is 30.0 Å². The lowest BCUT2D eigenvalue weighted by Crippen LogP contribution is -2.41. The molecule has 0 aliphatic rings. The first kappa shape index (κ1) is 21.3. The molecule has 4 heterocycles. The van der Waals surface area contributed by atoms with E-state index in [2.05, 4.69) is 35.5 Å². The number of hydrogen-bond donors (Lipinski definition) is 3. The highest BCUT2D eigenvalue weighted by Gasteiger charge is 2.29. The molecule has 0 fully saturated rings. The number of carbonyl (C=O) groups excluding carboxylic acids is 2. The Balaban J connectivity index is 1.62. The Hall–Kier alpha value is -4.92. The number of aromatic nitrogens is 6. The lowest BCUT2D eigenvalue weighted by Gasteiger charge is -2.27. The van der Waals surface area contributed by atoms with Crippen molar-refractivity contribution >= 4 is 34.2 Å². The van der Waals surface area contributed by atoms with E-state index >= 15 is 0 Å². The van der Waals surface area contributed by atoms with Gasteiger partial charge < -0.3 is 16.0 Å². The molecular formula is C21H18N10O2. The number of anilines is 2. The van der Waals surface area contributed by atoms with Crippen LogP contribution in [-0.4, -0.2) is 46.8 Å². The predicted octanol–water partition coefficient (Wildman–Crippen LogP) is 1.33.